The standard InChI is InChI=1S/C10H15N3O2/c1-8(14)10(2,5-4-9(11)15)13-7-3-6-12-13/h3,6-7H,4-5H2,1-2H3,(H2,11,15). The number of ketones is 1. The number of hydrogen-bond donors (Lipinski definition) is 1. The van der Waals surface area contributed by atoms with Gasteiger partial charge in [-0.05, 0) is 26.3 Å². The molecule has 1 rings (SSSR count). The maximum Gasteiger partial charge on any atom is 0.217 e. The Hall–Kier alpha value is -1.65. The molecule has 5 nitrogen and oxygen atoms in total. The molecule has 0 saturated heterocycles. The molecule has 0 spiro atoms. The molecule has 1 heterocycles. The summed E-state index contributed by atoms with van der Waals surface area (Å²) in [4.78, 5) is 22.3. The third-order valence-electron chi connectivity index (χ3n) is 2.63. The molecule has 1 atom stereocenters. The lowest BCUT2D eigenvalue weighted by molar-refractivity contribution is -0.126. The minimum atomic E-state index is -0.779. The first-order chi connectivity index (χ1) is 6.97. The first-order valence-corrected chi connectivity index (χ1v) is 4.76. The van der Waals surface area contributed by atoms with Gasteiger partial charge in [0.05, 0.1) is 0 Å². The van der Waals surface area contributed by atoms with E-state index < -0.39 is 11.4 Å². The molecule has 5 heteroatoms. The zero-order valence-electron chi connectivity index (χ0n) is 8.93. The summed E-state index contributed by atoms with van der Waals surface area (Å²) in [7, 11) is 0. The van der Waals surface area contributed by atoms with E-state index in [1.54, 1.807) is 30.1 Å². The summed E-state index contributed by atoms with van der Waals surface area (Å²) in [5.41, 5.74) is 4.29. The SMILES string of the molecule is CC(=O)C(C)(CCC(N)=O)n1cccn1. The van der Waals surface area contributed by atoms with Crippen LogP contribution in [-0.2, 0) is 15.1 Å². The molecular formula is C10H15N3O2. The molecule has 0 saturated carbocycles. The highest BCUT2D eigenvalue weighted by Crippen LogP contribution is 2.22. The van der Waals surface area contributed by atoms with Crippen LogP contribution in [-0.4, -0.2) is 21.5 Å². The molecule has 0 aromatic carbocycles. The Morgan fingerprint density at radius 3 is 2.60 bits per heavy atom. The maximum atomic E-state index is 11.6. The monoisotopic (exact) mass is 209 g/mol. The fraction of sp³-hybridized carbons (Fsp3) is 0.500. The Morgan fingerprint density at radius 2 is 2.20 bits per heavy atom. The summed E-state index contributed by atoms with van der Waals surface area (Å²) in [5, 5.41) is 4.03. The highest BCUT2D eigenvalue weighted by atomic mass is 16.1. The first kappa shape index (κ1) is 11.4. The zero-order valence-corrected chi connectivity index (χ0v) is 8.93. The van der Waals surface area contributed by atoms with Crippen LogP contribution in [0.2, 0.25) is 0 Å². The average Bonchev–Trinajstić information content (AvgIpc) is 2.66. The van der Waals surface area contributed by atoms with Crippen LogP contribution in [0.1, 0.15) is 26.7 Å². The van der Waals surface area contributed by atoms with Gasteiger partial charge in [0.1, 0.15) is 5.54 Å². The van der Waals surface area contributed by atoms with Crippen molar-refractivity contribution >= 4 is 11.7 Å². The molecule has 0 aliphatic heterocycles. The lowest BCUT2D eigenvalue weighted by Gasteiger charge is -2.26. The normalized spacial score (nSPS) is 14.5. The average molecular weight is 209 g/mol. The molecule has 2 N–H and O–H groups in total. The largest absolute Gasteiger partial charge is 0.370 e. The number of Topliss-reactive ketones (excluding diaryl/α,β-unsaturated/α-hetero) is 1. The van der Waals surface area contributed by atoms with Gasteiger partial charge in [0.15, 0.2) is 5.78 Å². The second kappa shape index (κ2) is 4.25. The molecular weight excluding hydrogens is 194 g/mol. The number of aromatic nitrogens is 2. The summed E-state index contributed by atoms with van der Waals surface area (Å²) >= 11 is 0. The van der Waals surface area contributed by atoms with Gasteiger partial charge < -0.3 is 5.73 Å². The number of amides is 1. The molecule has 0 bridgehead atoms. The van der Waals surface area contributed by atoms with E-state index in [0.29, 0.717) is 6.42 Å². The van der Waals surface area contributed by atoms with E-state index in [9.17, 15) is 9.59 Å². The number of hydrogen-bond acceptors (Lipinski definition) is 3. The maximum absolute atomic E-state index is 11.6. The Kier molecular flexibility index (Phi) is 3.24. The van der Waals surface area contributed by atoms with E-state index in [1.807, 2.05) is 0 Å². The summed E-state index contributed by atoms with van der Waals surface area (Å²) in [6, 6.07) is 1.74. The van der Waals surface area contributed by atoms with Crippen molar-refractivity contribution in [1.29, 1.82) is 0 Å². The second-order valence-corrected chi connectivity index (χ2v) is 3.75. The summed E-state index contributed by atoms with van der Waals surface area (Å²) in [6.07, 6.45) is 3.86. The fourth-order valence-corrected chi connectivity index (χ4v) is 1.38. The zero-order chi connectivity index (χ0) is 11.5. The van der Waals surface area contributed by atoms with Gasteiger partial charge in [0.25, 0.3) is 0 Å². The molecule has 0 radical (unpaired) electrons. The van der Waals surface area contributed by atoms with Crippen molar-refractivity contribution in [2.45, 2.75) is 32.2 Å². The molecule has 1 amide bonds. The molecule has 1 aromatic rings. The lowest BCUT2D eigenvalue weighted by Crippen LogP contribution is -2.38. The van der Waals surface area contributed by atoms with Crippen LogP contribution in [0.3, 0.4) is 0 Å². The van der Waals surface area contributed by atoms with Crippen LogP contribution in [0.15, 0.2) is 18.5 Å². The molecule has 82 valence electrons. The molecule has 1 unspecified atom stereocenters. The lowest BCUT2D eigenvalue weighted by atomic mass is 9.91. The van der Waals surface area contributed by atoms with Crippen LogP contribution in [0.25, 0.3) is 0 Å². The predicted octanol–water partition coefficient (Wildman–Crippen LogP) is 0.453. The number of nitrogens with zero attached hydrogens (tertiary/aromatic N) is 2. The third kappa shape index (κ3) is 2.43. The van der Waals surface area contributed by atoms with Gasteiger partial charge >= 0.3 is 0 Å². The summed E-state index contributed by atoms with van der Waals surface area (Å²) in [5.74, 6) is -0.443. The van der Waals surface area contributed by atoms with Gasteiger partial charge in [-0.2, -0.15) is 5.10 Å². The van der Waals surface area contributed by atoms with Gasteiger partial charge in [-0.25, -0.2) is 0 Å². The summed E-state index contributed by atoms with van der Waals surface area (Å²) in [6.45, 7) is 3.24. The van der Waals surface area contributed by atoms with Crippen LogP contribution in [0, 0.1) is 0 Å². The van der Waals surface area contributed by atoms with Crippen LogP contribution in [0.4, 0.5) is 0 Å². The van der Waals surface area contributed by atoms with Crippen molar-refractivity contribution in [1.82, 2.24) is 9.78 Å². The van der Waals surface area contributed by atoms with E-state index in [4.69, 9.17) is 5.73 Å². The van der Waals surface area contributed by atoms with Crippen molar-refractivity contribution in [3.05, 3.63) is 18.5 Å². The van der Waals surface area contributed by atoms with Gasteiger partial charge in [-0.3, -0.25) is 14.3 Å². The quantitative estimate of drug-likeness (QED) is 0.764. The van der Waals surface area contributed by atoms with Crippen LogP contribution >= 0.6 is 0 Å². The molecule has 1 aromatic heterocycles. The van der Waals surface area contributed by atoms with E-state index >= 15 is 0 Å². The Morgan fingerprint density at radius 1 is 1.53 bits per heavy atom. The highest BCUT2D eigenvalue weighted by Gasteiger charge is 2.32. The number of carbonyl (C=O) groups is 2. The topological polar surface area (TPSA) is 78.0 Å². The van der Waals surface area contributed by atoms with Crippen LogP contribution in [0.5, 0.6) is 0 Å². The Balaban J connectivity index is 2.89. The highest BCUT2D eigenvalue weighted by molar-refractivity contribution is 5.84. The van der Waals surface area contributed by atoms with Gasteiger partial charge in [0.2, 0.25) is 5.91 Å². The minimum Gasteiger partial charge on any atom is -0.370 e. The minimum absolute atomic E-state index is 0.0348. The number of rotatable bonds is 5. The summed E-state index contributed by atoms with van der Waals surface area (Å²) < 4.78 is 1.57. The number of carbonyl (C=O) groups excluding carboxylic acids is 2. The van der Waals surface area contributed by atoms with E-state index in [1.165, 1.54) is 6.92 Å². The van der Waals surface area contributed by atoms with Crippen molar-refractivity contribution in [3.8, 4) is 0 Å². The van der Waals surface area contributed by atoms with Gasteiger partial charge in [0, 0.05) is 18.8 Å². The third-order valence-corrected chi connectivity index (χ3v) is 2.63. The first-order valence-electron chi connectivity index (χ1n) is 4.76. The Labute approximate surface area is 88.3 Å². The van der Waals surface area contributed by atoms with E-state index in [-0.39, 0.29) is 12.2 Å². The van der Waals surface area contributed by atoms with E-state index in [0.717, 1.165) is 0 Å². The van der Waals surface area contributed by atoms with Gasteiger partial charge in [-0.1, -0.05) is 0 Å². The number of primary amides is 1. The number of nitrogens with two attached hydrogens (primary N) is 1. The van der Waals surface area contributed by atoms with E-state index in [2.05, 4.69) is 5.10 Å². The van der Waals surface area contributed by atoms with Gasteiger partial charge in [-0.15, -0.1) is 0 Å². The molecule has 0 aliphatic rings. The molecule has 0 fully saturated rings. The van der Waals surface area contributed by atoms with Crippen molar-refractivity contribution < 1.29 is 9.59 Å². The predicted molar refractivity (Wildman–Crippen MR) is 55.0 cm³/mol. The molecule has 0 aliphatic carbocycles. The smallest absolute Gasteiger partial charge is 0.217 e. The van der Waals surface area contributed by atoms with Crippen molar-refractivity contribution in [2.75, 3.05) is 0 Å². The van der Waals surface area contributed by atoms with Crippen molar-refractivity contribution in [2.24, 2.45) is 5.73 Å². The van der Waals surface area contributed by atoms with Crippen molar-refractivity contribution in [3.63, 3.8) is 0 Å². The fourth-order valence-electron chi connectivity index (χ4n) is 1.38. The Bertz CT molecular complexity index is 359. The van der Waals surface area contributed by atoms with Crippen LogP contribution < -0.4 is 5.73 Å². The second-order valence-electron chi connectivity index (χ2n) is 3.75. The molecule has 15 heavy (non-hydrogen) atoms.